The number of aromatic nitrogens is 1. The van der Waals surface area contributed by atoms with E-state index in [9.17, 15) is 4.79 Å². The van der Waals surface area contributed by atoms with Crippen LogP contribution in [0.25, 0.3) is 22.0 Å². The van der Waals surface area contributed by atoms with Gasteiger partial charge in [0.15, 0.2) is 0 Å². The Morgan fingerprint density at radius 2 is 2.10 bits per heavy atom. The van der Waals surface area contributed by atoms with Gasteiger partial charge in [0.25, 0.3) is 0 Å². The zero-order chi connectivity index (χ0) is 20.1. The van der Waals surface area contributed by atoms with E-state index in [2.05, 4.69) is 4.90 Å². The molecule has 0 amide bonds. The minimum absolute atomic E-state index is 0.304. The van der Waals surface area contributed by atoms with Gasteiger partial charge in [-0.25, -0.2) is 0 Å². The molecule has 2 N–H and O–H groups in total. The molecule has 5 nitrogen and oxygen atoms in total. The largest absolute Gasteiger partial charge is 0.497 e. The highest BCUT2D eigenvalue weighted by Crippen LogP contribution is 2.44. The number of nitrogens with two attached hydrogens (primary N) is 1. The zero-order valence-electron chi connectivity index (χ0n) is 16.2. The molecule has 3 aromatic rings. The normalized spacial score (nSPS) is 19.2. The number of fused-ring (bicyclic) bond motifs is 2. The number of hydrogen-bond acceptors (Lipinski definition) is 5. The van der Waals surface area contributed by atoms with Crippen LogP contribution < -0.4 is 10.5 Å². The van der Waals surface area contributed by atoms with Crippen LogP contribution in [0, 0.1) is 0 Å². The second kappa shape index (κ2) is 7.01. The summed E-state index contributed by atoms with van der Waals surface area (Å²) in [5.74, 6) is 0.691. The average Bonchev–Trinajstić information content (AvgIpc) is 3.04. The molecule has 1 fully saturated rings. The number of halogens is 1. The Balaban J connectivity index is 1.70. The second-order valence-corrected chi connectivity index (χ2v) is 8.24. The highest BCUT2D eigenvalue weighted by atomic mass is 35.5. The minimum Gasteiger partial charge on any atom is -0.497 e. The van der Waals surface area contributed by atoms with Crippen LogP contribution in [0.5, 0.6) is 5.75 Å². The SMILES string of the molecule is COc1cc(Cl)cc(-c2cccc3c(N)c4c(nc23)CN(C2CCC2)C4C=O)c1. The Hall–Kier alpha value is -2.63. The number of nitrogens with zero attached hydrogens (tertiary/aromatic N) is 2. The van der Waals surface area contributed by atoms with E-state index in [1.54, 1.807) is 13.2 Å². The van der Waals surface area contributed by atoms with Gasteiger partial charge in [-0.2, -0.15) is 0 Å². The van der Waals surface area contributed by atoms with Gasteiger partial charge < -0.3 is 15.3 Å². The van der Waals surface area contributed by atoms with E-state index in [-0.39, 0.29) is 6.04 Å². The number of carbonyl (C=O) groups is 1. The van der Waals surface area contributed by atoms with Crippen LogP contribution in [0.4, 0.5) is 5.69 Å². The Morgan fingerprint density at radius 3 is 2.79 bits per heavy atom. The number of nitrogen functional groups attached to an aromatic ring is 1. The molecule has 1 aliphatic carbocycles. The third-order valence-corrected chi connectivity index (χ3v) is 6.47. The summed E-state index contributed by atoms with van der Waals surface area (Å²) in [5.41, 5.74) is 11.7. The van der Waals surface area contributed by atoms with E-state index in [4.69, 9.17) is 27.1 Å². The van der Waals surface area contributed by atoms with Gasteiger partial charge in [-0.1, -0.05) is 36.2 Å². The summed E-state index contributed by atoms with van der Waals surface area (Å²) in [4.78, 5) is 19.2. The second-order valence-electron chi connectivity index (χ2n) is 7.81. The summed E-state index contributed by atoms with van der Waals surface area (Å²) in [6, 6.07) is 11.7. The van der Waals surface area contributed by atoms with E-state index in [0.29, 0.717) is 29.0 Å². The topological polar surface area (TPSA) is 68.5 Å². The van der Waals surface area contributed by atoms with Crippen molar-refractivity contribution in [1.29, 1.82) is 0 Å². The summed E-state index contributed by atoms with van der Waals surface area (Å²) in [7, 11) is 1.62. The molecular weight excluding hydrogens is 386 g/mol. The smallest absolute Gasteiger partial charge is 0.141 e. The van der Waals surface area contributed by atoms with Gasteiger partial charge in [-0.15, -0.1) is 0 Å². The standard InChI is InChI=1S/C23H22ClN3O2/c1-29-16-9-13(8-14(24)10-16)17-6-3-7-18-22(25)21-19(26-23(17)18)11-27(20(21)12-28)15-4-2-5-15/h3,6-10,12,15,20H,2,4-5,11H2,1H3,(H2,25,26). The van der Waals surface area contributed by atoms with Crippen molar-refractivity contribution in [1.82, 2.24) is 9.88 Å². The van der Waals surface area contributed by atoms with Crippen LogP contribution in [0.2, 0.25) is 5.02 Å². The average molecular weight is 408 g/mol. The molecule has 1 saturated carbocycles. The Kier molecular flexibility index (Phi) is 4.45. The number of para-hydroxylation sites is 1. The number of methoxy groups -OCH3 is 1. The fraction of sp³-hybridized carbons (Fsp3) is 0.304. The van der Waals surface area contributed by atoms with Crippen molar-refractivity contribution in [3.63, 3.8) is 0 Å². The molecule has 0 bridgehead atoms. The molecule has 1 unspecified atom stereocenters. The van der Waals surface area contributed by atoms with Gasteiger partial charge >= 0.3 is 0 Å². The predicted octanol–water partition coefficient (Wildman–Crippen LogP) is 4.75. The van der Waals surface area contributed by atoms with Gasteiger partial charge in [-0.3, -0.25) is 9.88 Å². The molecular formula is C23H22ClN3O2. The summed E-state index contributed by atoms with van der Waals surface area (Å²) in [5, 5.41) is 1.46. The summed E-state index contributed by atoms with van der Waals surface area (Å²) in [6.45, 7) is 0.663. The molecule has 148 valence electrons. The first-order valence-corrected chi connectivity index (χ1v) is 10.3. The lowest BCUT2D eigenvalue weighted by atomic mass is 9.90. The lowest BCUT2D eigenvalue weighted by Crippen LogP contribution is -2.39. The molecule has 0 spiro atoms. The van der Waals surface area contributed by atoms with Crippen molar-refractivity contribution in [2.45, 2.75) is 37.9 Å². The van der Waals surface area contributed by atoms with E-state index < -0.39 is 0 Å². The molecule has 5 rings (SSSR count). The van der Waals surface area contributed by atoms with Crippen molar-refractivity contribution in [3.8, 4) is 16.9 Å². The highest BCUT2D eigenvalue weighted by molar-refractivity contribution is 6.31. The zero-order valence-corrected chi connectivity index (χ0v) is 16.9. The number of rotatable bonds is 4. The fourth-order valence-electron chi connectivity index (χ4n) is 4.55. The molecule has 1 aliphatic heterocycles. The summed E-state index contributed by atoms with van der Waals surface area (Å²) < 4.78 is 5.38. The van der Waals surface area contributed by atoms with E-state index in [1.165, 1.54) is 6.42 Å². The van der Waals surface area contributed by atoms with Gasteiger partial charge in [-0.05, 0) is 36.6 Å². The van der Waals surface area contributed by atoms with Crippen LogP contribution in [0.15, 0.2) is 36.4 Å². The van der Waals surface area contributed by atoms with Gasteiger partial charge in [0, 0.05) is 39.8 Å². The monoisotopic (exact) mass is 407 g/mol. The lowest BCUT2D eigenvalue weighted by molar-refractivity contribution is -0.113. The van der Waals surface area contributed by atoms with Crippen molar-refractivity contribution in [2.75, 3.05) is 12.8 Å². The molecule has 2 heterocycles. The third kappa shape index (κ3) is 2.88. The third-order valence-electron chi connectivity index (χ3n) is 6.25. The van der Waals surface area contributed by atoms with Gasteiger partial charge in [0.1, 0.15) is 12.0 Å². The first kappa shape index (κ1) is 18.4. The maximum atomic E-state index is 12.0. The number of benzene rings is 2. The number of hydrogen-bond donors (Lipinski definition) is 1. The molecule has 1 atom stereocenters. The Bertz CT molecular complexity index is 1130. The molecule has 29 heavy (non-hydrogen) atoms. The number of carbonyl (C=O) groups excluding carboxylic acids is 1. The molecule has 0 saturated heterocycles. The van der Waals surface area contributed by atoms with Crippen molar-refractivity contribution >= 4 is 34.5 Å². The number of pyridine rings is 1. The quantitative estimate of drug-likeness (QED) is 0.632. The van der Waals surface area contributed by atoms with Gasteiger partial charge in [0.05, 0.1) is 24.4 Å². The first-order chi connectivity index (χ1) is 14.1. The van der Waals surface area contributed by atoms with Crippen molar-refractivity contribution in [2.24, 2.45) is 0 Å². The van der Waals surface area contributed by atoms with Crippen LogP contribution in [-0.2, 0) is 11.3 Å². The van der Waals surface area contributed by atoms with E-state index in [0.717, 1.165) is 52.4 Å². The highest BCUT2D eigenvalue weighted by Gasteiger charge is 2.39. The maximum absolute atomic E-state index is 12.0. The maximum Gasteiger partial charge on any atom is 0.141 e. The fourth-order valence-corrected chi connectivity index (χ4v) is 4.78. The first-order valence-electron chi connectivity index (χ1n) is 9.87. The minimum atomic E-state index is -0.304. The van der Waals surface area contributed by atoms with Crippen LogP contribution in [0.3, 0.4) is 0 Å². The summed E-state index contributed by atoms with van der Waals surface area (Å²) >= 11 is 6.30. The van der Waals surface area contributed by atoms with Crippen molar-refractivity contribution in [3.05, 3.63) is 52.7 Å². The molecule has 2 aromatic carbocycles. The number of anilines is 1. The lowest BCUT2D eigenvalue weighted by Gasteiger charge is -2.36. The molecule has 0 radical (unpaired) electrons. The molecule has 2 aliphatic rings. The van der Waals surface area contributed by atoms with E-state index >= 15 is 0 Å². The van der Waals surface area contributed by atoms with Gasteiger partial charge in [0.2, 0.25) is 0 Å². The number of ether oxygens (including phenoxy) is 1. The predicted molar refractivity (Wildman–Crippen MR) is 115 cm³/mol. The Morgan fingerprint density at radius 1 is 1.28 bits per heavy atom. The van der Waals surface area contributed by atoms with Crippen LogP contribution in [-0.4, -0.2) is 29.3 Å². The number of aldehydes is 1. The Labute approximate surface area is 174 Å². The van der Waals surface area contributed by atoms with Crippen molar-refractivity contribution < 1.29 is 9.53 Å². The van der Waals surface area contributed by atoms with Crippen LogP contribution in [0.1, 0.15) is 36.6 Å². The summed E-state index contributed by atoms with van der Waals surface area (Å²) in [6.07, 6.45) is 4.49. The molecule has 6 heteroatoms. The molecule has 1 aromatic heterocycles. The van der Waals surface area contributed by atoms with Crippen LogP contribution >= 0.6 is 11.6 Å². The van der Waals surface area contributed by atoms with E-state index in [1.807, 2.05) is 30.3 Å².